The Bertz CT molecular complexity index is 994. The molecule has 9 nitrogen and oxygen atoms in total. The third-order valence-corrected chi connectivity index (χ3v) is 4.59. The van der Waals surface area contributed by atoms with Crippen molar-refractivity contribution in [2.75, 3.05) is 13.7 Å². The molecule has 0 fully saturated rings. The summed E-state index contributed by atoms with van der Waals surface area (Å²) in [6.45, 7) is 3.63. The second-order valence-corrected chi connectivity index (χ2v) is 7.05. The first-order valence-electron chi connectivity index (χ1n) is 7.97. The predicted octanol–water partition coefficient (Wildman–Crippen LogP) is 1.62. The number of hydrazine groups is 2. The van der Waals surface area contributed by atoms with Crippen molar-refractivity contribution in [2.45, 2.75) is 18.7 Å². The number of rotatable bonds is 5. The summed E-state index contributed by atoms with van der Waals surface area (Å²) in [7, 11) is -2.96. The summed E-state index contributed by atoms with van der Waals surface area (Å²) in [5, 5.41) is 2.79. The highest BCUT2D eigenvalue weighted by Gasteiger charge is 2.35. The summed E-state index contributed by atoms with van der Waals surface area (Å²) in [5.74, 6) is -0.111. The zero-order chi connectivity index (χ0) is 19.8. The van der Waals surface area contributed by atoms with Crippen LogP contribution in [0.2, 0.25) is 0 Å². The molecule has 144 valence electrons. The van der Waals surface area contributed by atoms with Gasteiger partial charge in [0, 0.05) is 12.6 Å². The van der Waals surface area contributed by atoms with E-state index in [0.717, 1.165) is 6.20 Å². The first kappa shape index (κ1) is 19.2. The minimum Gasteiger partial charge on any atom is -0.297 e. The monoisotopic (exact) mass is 395 g/mol. The van der Waals surface area contributed by atoms with E-state index in [-0.39, 0.29) is 18.0 Å². The largest absolute Gasteiger partial charge is 0.298 e. The summed E-state index contributed by atoms with van der Waals surface area (Å²) < 4.78 is 46.7. The van der Waals surface area contributed by atoms with Crippen molar-refractivity contribution in [2.24, 2.45) is 0 Å². The number of aromatic nitrogens is 2. The van der Waals surface area contributed by atoms with Crippen molar-refractivity contribution in [1.82, 2.24) is 25.7 Å². The van der Waals surface area contributed by atoms with Crippen LogP contribution in [0.4, 0.5) is 4.39 Å². The lowest BCUT2D eigenvalue weighted by molar-refractivity contribution is -0.231. The lowest BCUT2D eigenvalue weighted by atomic mass is 10.1. The van der Waals surface area contributed by atoms with Crippen LogP contribution >= 0.6 is 0 Å². The smallest absolute Gasteiger partial charge is 0.297 e. The van der Waals surface area contributed by atoms with Crippen LogP contribution in [0.3, 0.4) is 0 Å². The number of halogens is 1. The molecule has 0 saturated carbocycles. The molecule has 1 aliphatic rings. The molecule has 2 heterocycles. The molecule has 11 heteroatoms. The van der Waals surface area contributed by atoms with Crippen molar-refractivity contribution < 1.29 is 22.2 Å². The van der Waals surface area contributed by atoms with E-state index in [4.69, 9.17) is 4.84 Å². The van der Waals surface area contributed by atoms with Crippen LogP contribution in [0.1, 0.15) is 24.0 Å². The van der Waals surface area contributed by atoms with E-state index < -0.39 is 20.8 Å². The third-order valence-electron chi connectivity index (χ3n) is 3.74. The SMILES string of the molecule is CCON1C(c2nc(C)ncc2S(=O)(=O)O)=C(c2ccc(F)cc2)NN1C. The molecule has 0 radical (unpaired) electrons. The maximum absolute atomic E-state index is 13.3. The second kappa shape index (κ2) is 7.19. The molecule has 1 aromatic carbocycles. The van der Waals surface area contributed by atoms with E-state index in [2.05, 4.69) is 15.4 Å². The van der Waals surface area contributed by atoms with E-state index in [1.54, 1.807) is 20.9 Å². The van der Waals surface area contributed by atoms with Gasteiger partial charge >= 0.3 is 0 Å². The molecule has 2 aromatic rings. The Morgan fingerprint density at radius 2 is 1.96 bits per heavy atom. The zero-order valence-corrected chi connectivity index (χ0v) is 15.7. The van der Waals surface area contributed by atoms with Gasteiger partial charge in [-0.15, -0.1) is 5.12 Å². The number of hydroxylamine groups is 1. The van der Waals surface area contributed by atoms with Crippen LogP contribution in [-0.4, -0.2) is 46.9 Å². The Morgan fingerprint density at radius 1 is 1.30 bits per heavy atom. The highest BCUT2D eigenvalue weighted by atomic mass is 32.2. The van der Waals surface area contributed by atoms with Crippen molar-refractivity contribution >= 4 is 21.5 Å². The van der Waals surface area contributed by atoms with Crippen LogP contribution in [-0.2, 0) is 15.0 Å². The Morgan fingerprint density at radius 3 is 2.56 bits per heavy atom. The zero-order valence-electron chi connectivity index (χ0n) is 14.8. The third kappa shape index (κ3) is 3.76. The highest BCUT2D eigenvalue weighted by Crippen LogP contribution is 2.35. The van der Waals surface area contributed by atoms with E-state index in [0.29, 0.717) is 17.1 Å². The van der Waals surface area contributed by atoms with Crippen molar-refractivity contribution in [3.05, 3.63) is 53.4 Å². The van der Waals surface area contributed by atoms with Gasteiger partial charge in [-0.2, -0.15) is 13.6 Å². The standard InChI is InChI=1S/C16H18FN5O4S/c1-4-26-22-16(15-13(27(23,24)25)9-18-10(2)19-15)14(20-21(22)3)11-5-7-12(17)8-6-11/h5-9,20H,4H2,1-3H3,(H,23,24,25). The second-order valence-electron chi connectivity index (χ2n) is 5.66. The maximum atomic E-state index is 13.3. The Hall–Kier alpha value is -2.60. The molecular formula is C16H18FN5O4S. The molecule has 0 aliphatic carbocycles. The molecule has 27 heavy (non-hydrogen) atoms. The Kier molecular flexibility index (Phi) is 5.11. The molecule has 0 saturated heterocycles. The van der Waals surface area contributed by atoms with Gasteiger partial charge in [0.2, 0.25) is 0 Å². The quantitative estimate of drug-likeness (QED) is 0.730. The van der Waals surface area contributed by atoms with Gasteiger partial charge in [0.1, 0.15) is 27.9 Å². The van der Waals surface area contributed by atoms with Gasteiger partial charge in [-0.3, -0.25) is 14.8 Å². The molecule has 0 atom stereocenters. The molecular weight excluding hydrogens is 377 g/mol. The van der Waals surface area contributed by atoms with Gasteiger partial charge in [-0.1, -0.05) is 0 Å². The molecule has 1 aromatic heterocycles. The van der Waals surface area contributed by atoms with Gasteiger partial charge in [-0.25, -0.2) is 14.4 Å². The van der Waals surface area contributed by atoms with Gasteiger partial charge in [0.15, 0.2) is 0 Å². The van der Waals surface area contributed by atoms with Gasteiger partial charge in [0.05, 0.1) is 18.5 Å². The molecule has 0 spiro atoms. The number of hydrogen-bond acceptors (Lipinski definition) is 8. The topological polar surface area (TPSA) is 108 Å². The average molecular weight is 395 g/mol. The lowest BCUT2D eigenvalue weighted by Crippen LogP contribution is -2.40. The van der Waals surface area contributed by atoms with E-state index in [1.165, 1.54) is 34.6 Å². The van der Waals surface area contributed by atoms with Crippen LogP contribution in [0.25, 0.3) is 11.4 Å². The van der Waals surface area contributed by atoms with Crippen LogP contribution < -0.4 is 5.43 Å². The molecule has 0 unspecified atom stereocenters. The Labute approximate surface area is 155 Å². The van der Waals surface area contributed by atoms with Gasteiger partial charge in [0.25, 0.3) is 10.1 Å². The van der Waals surface area contributed by atoms with Crippen LogP contribution in [0.15, 0.2) is 35.4 Å². The number of nitrogens with one attached hydrogen (secondary N) is 1. The fraction of sp³-hybridized carbons (Fsp3) is 0.250. The lowest BCUT2D eigenvalue weighted by Gasteiger charge is -2.26. The average Bonchev–Trinajstić information content (AvgIpc) is 2.91. The highest BCUT2D eigenvalue weighted by molar-refractivity contribution is 7.85. The van der Waals surface area contributed by atoms with E-state index >= 15 is 0 Å². The number of nitrogens with zero attached hydrogens (tertiary/aromatic N) is 4. The van der Waals surface area contributed by atoms with Crippen molar-refractivity contribution in [3.8, 4) is 0 Å². The molecule has 0 bridgehead atoms. The van der Waals surface area contributed by atoms with Crippen LogP contribution in [0, 0.1) is 12.7 Å². The maximum Gasteiger partial charge on any atom is 0.298 e. The van der Waals surface area contributed by atoms with Gasteiger partial charge in [-0.05, 0) is 38.1 Å². The molecule has 2 N–H and O–H groups in total. The van der Waals surface area contributed by atoms with E-state index in [9.17, 15) is 17.4 Å². The number of benzene rings is 1. The Balaban J connectivity index is 2.31. The van der Waals surface area contributed by atoms with E-state index in [1.807, 2.05) is 0 Å². The molecule has 0 amide bonds. The van der Waals surface area contributed by atoms with Gasteiger partial charge < -0.3 is 0 Å². The van der Waals surface area contributed by atoms with Crippen molar-refractivity contribution in [1.29, 1.82) is 0 Å². The minimum atomic E-state index is -4.60. The molecule has 3 rings (SSSR count). The summed E-state index contributed by atoms with van der Waals surface area (Å²) in [6, 6.07) is 5.62. The number of aryl methyl sites for hydroxylation is 1. The molecule has 1 aliphatic heterocycles. The fourth-order valence-corrected chi connectivity index (χ4v) is 3.20. The van der Waals surface area contributed by atoms with Crippen LogP contribution in [0.5, 0.6) is 0 Å². The first-order valence-corrected chi connectivity index (χ1v) is 9.41. The summed E-state index contributed by atoms with van der Waals surface area (Å²) >= 11 is 0. The minimum absolute atomic E-state index is 0.0466. The first-order chi connectivity index (χ1) is 12.7. The summed E-state index contributed by atoms with van der Waals surface area (Å²) in [6.07, 6.45) is 1.03. The normalized spacial score (nSPS) is 15.4. The summed E-state index contributed by atoms with van der Waals surface area (Å²) in [4.78, 5) is 13.2. The number of hydrogen-bond donors (Lipinski definition) is 2. The predicted molar refractivity (Wildman–Crippen MR) is 94.2 cm³/mol. The summed E-state index contributed by atoms with van der Waals surface area (Å²) in [5.41, 5.74) is 4.21. The fourth-order valence-electron chi connectivity index (χ4n) is 2.62. The van der Waals surface area contributed by atoms with Crippen molar-refractivity contribution in [3.63, 3.8) is 0 Å².